The van der Waals surface area contributed by atoms with Crippen LogP contribution in [0.1, 0.15) is 38.2 Å². The smallest absolute Gasteiger partial charge is 0.221 e. The fourth-order valence-corrected chi connectivity index (χ4v) is 2.13. The predicted molar refractivity (Wildman–Crippen MR) is 63.8 cm³/mol. The Morgan fingerprint density at radius 3 is 2.81 bits per heavy atom. The number of hydrogen-bond donors (Lipinski definition) is 1. The molecule has 1 heterocycles. The Balaban J connectivity index is 2.10. The summed E-state index contributed by atoms with van der Waals surface area (Å²) >= 11 is 0. The van der Waals surface area contributed by atoms with Crippen molar-refractivity contribution in [2.75, 3.05) is 11.9 Å². The molecule has 88 valence electrons. The fourth-order valence-electron chi connectivity index (χ4n) is 2.13. The monoisotopic (exact) mass is 221 g/mol. The van der Waals surface area contributed by atoms with Crippen LogP contribution in [0.5, 0.6) is 5.88 Å². The van der Waals surface area contributed by atoms with Gasteiger partial charge in [0.05, 0.1) is 12.2 Å². The van der Waals surface area contributed by atoms with E-state index in [1.165, 1.54) is 25.7 Å². The number of nitrogens with zero attached hydrogens (tertiary/aromatic N) is 2. The molecule has 0 bridgehead atoms. The maximum absolute atomic E-state index is 5.45. The van der Waals surface area contributed by atoms with Crippen LogP contribution in [0.4, 0.5) is 5.82 Å². The van der Waals surface area contributed by atoms with Crippen molar-refractivity contribution < 1.29 is 4.74 Å². The summed E-state index contributed by atoms with van der Waals surface area (Å²) in [7, 11) is 0. The average Bonchev–Trinajstić information content (AvgIpc) is 2.77. The molecule has 0 saturated heterocycles. The normalized spacial score (nSPS) is 16.4. The first kappa shape index (κ1) is 11.2. The number of hydrogen-bond acceptors (Lipinski definition) is 4. The molecule has 1 aromatic heterocycles. The van der Waals surface area contributed by atoms with Gasteiger partial charge in [-0.05, 0) is 26.7 Å². The molecule has 1 aliphatic carbocycles. The van der Waals surface area contributed by atoms with Crippen LogP contribution in [0.3, 0.4) is 0 Å². The molecule has 1 fully saturated rings. The van der Waals surface area contributed by atoms with Crippen molar-refractivity contribution >= 4 is 5.82 Å². The first-order chi connectivity index (χ1) is 7.81. The molecule has 0 spiro atoms. The molecule has 0 unspecified atom stereocenters. The van der Waals surface area contributed by atoms with Crippen molar-refractivity contribution in [3.8, 4) is 5.88 Å². The fraction of sp³-hybridized carbons (Fsp3) is 0.667. The van der Waals surface area contributed by atoms with Crippen molar-refractivity contribution in [2.24, 2.45) is 0 Å². The first-order valence-corrected chi connectivity index (χ1v) is 6.02. The third-order valence-corrected chi connectivity index (χ3v) is 3.01. The molecular formula is C12H19N3O. The van der Waals surface area contributed by atoms with Gasteiger partial charge in [0.1, 0.15) is 12.1 Å². The lowest BCUT2D eigenvalue weighted by Gasteiger charge is -2.15. The zero-order valence-electron chi connectivity index (χ0n) is 9.99. The lowest BCUT2D eigenvalue weighted by molar-refractivity contribution is 0.324. The van der Waals surface area contributed by atoms with E-state index in [-0.39, 0.29) is 0 Å². The lowest BCUT2D eigenvalue weighted by atomic mass is 10.2. The zero-order valence-corrected chi connectivity index (χ0v) is 9.99. The number of rotatable bonds is 4. The van der Waals surface area contributed by atoms with Crippen LogP contribution in [0.15, 0.2) is 6.33 Å². The first-order valence-electron chi connectivity index (χ1n) is 6.02. The highest BCUT2D eigenvalue weighted by Crippen LogP contribution is 2.25. The second-order valence-corrected chi connectivity index (χ2v) is 4.21. The van der Waals surface area contributed by atoms with Crippen LogP contribution in [0, 0.1) is 6.92 Å². The van der Waals surface area contributed by atoms with Crippen molar-refractivity contribution in [1.82, 2.24) is 9.97 Å². The van der Waals surface area contributed by atoms with E-state index in [9.17, 15) is 0 Å². The summed E-state index contributed by atoms with van der Waals surface area (Å²) in [6.45, 7) is 4.61. The summed E-state index contributed by atoms with van der Waals surface area (Å²) in [5.41, 5.74) is 1.01. The minimum Gasteiger partial charge on any atom is -0.478 e. The molecule has 0 atom stereocenters. The summed E-state index contributed by atoms with van der Waals surface area (Å²) in [5.74, 6) is 1.61. The largest absolute Gasteiger partial charge is 0.478 e. The molecule has 0 aliphatic heterocycles. The van der Waals surface area contributed by atoms with Gasteiger partial charge in [0.25, 0.3) is 0 Å². The van der Waals surface area contributed by atoms with Gasteiger partial charge in [-0.2, -0.15) is 0 Å². The summed E-state index contributed by atoms with van der Waals surface area (Å²) in [5, 5.41) is 3.48. The van der Waals surface area contributed by atoms with Gasteiger partial charge in [-0.3, -0.25) is 0 Å². The zero-order chi connectivity index (χ0) is 11.4. The van der Waals surface area contributed by atoms with Gasteiger partial charge in [-0.25, -0.2) is 9.97 Å². The molecule has 16 heavy (non-hydrogen) atoms. The molecule has 0 amide bonds. The number of anilines is 1. The Hall–Kier alpha value is -1.32. The number of nitrogens with one attached hydrogen (secondary N) is 1. The molecule has 4 heteroatoms. The van der Waals surface area contributed by atoms with Crippen LogP contribution in [0.25, 0.3) is 0 Å². The lowest BCUT2D eigenvalue weighted by Crippen LogP contribution is -2.17. The third kappa shape index (κ3) is 2.43. The van der Waals surface area contributed by atoms with Crippen molar-refractivity contribution in [2.45, 2.75) is 45.6 Å². The Bertz CT molecular complexity index is 348. The molecule has 0 aromatic carbocycles. The van der Waals surface area contributed by atoms with Crippen LogP contribution >= 0.6 is 0 Å². The average molecular weight is 221 g/mol. The highest BCUT2D eigenvalue weighted by molar-refractivity contribution is 5.48. The predicted octanol–water partition coefficient (Wildman–Crippen LogP) is 2.54. The van der Waals surface area contributed by atoms with Crippen molar-refractivity contribution in [3.05, 3.63) is 11.9 Å². The van der Waals surface area contributed by atoms with E-state index in [2.05, 4.69) is 15.3 Å². The van der Waals surface area contributed by atoms with E-state index in [4.69, 9.17) is 4.74 Å². The standard InChI is InChI=1S/C12H19N3O/c1-3-16-12-9(2)11(13-8-14-12)15-10-6-4-5-7-10/h8,10H,3-7H2,1-2H3,(H,13,14,15). The maximum atomic E-state index is 5.45. The minimum absolute atomic E-state index is 0.572. The van der Waals surface area contributed by atoms with Crippen LogP contribution in [-0.2, 0) is 0 Å². The van der Waals surface area contributed by atoms with E-state index in [0.29, 0.717) is 18.5 Å². The van der Waals surface area contributed by atoms with E-state index in [0.717, 1.165) is 11.4 Å². The highest BCUT2D eigenvalue weighted by Gasteiger charge is 2.17. The number of aromatic nitrogens is 2. The van der Waals surface area contributed by atoms with Gasteiger partial charge in [-0.15, -0.1) is 0 Å². The Morgan fingerprint density at radius 1 is 1.38 bits per heavy atom. The van der Waals surface area contributed by atoms with Gasteiger partial charge in [0.2, 0.25) is 5.88 Å². The minimum atomic E-state index is 0.572. The second-order valence-electron chi connectivity index (χ2n) is 4.21. The third-order valence-electron chi connectivity index (χ3n) is 3.01. The SMILES string of the molecule is CCOc1ncnc(NC2CCCC2)c1C. The second kappa shape index (κ2) is 5.14. The summed E-state index contributed by atoms with van der Waals surface area (Å²) in [6.07, 6.45) is 6.69. The van der Waals surface area contributed by atoms with Crippen LogP contribution in [-0.4, -0.2) is 22.6 Å². The summed E-state index contributed by atoms with van der Waals surface area (Å²) in [4.78, 5) is 8.41. The van der Waals surface area contributed by atoms with Gasteiger partial charge in [-0.1, -0.05) is 12.8 Å². The van der Waals surface area contributed by atoms with Crippen LogP contribution in [0.2, 0.25) is 0 Å². The Kier molecular flexibility index (Phi) is 3.59. The molecule has 1 aromatic rings. The molecule has 0 radical (unpaired) electrons. The van der Waals surface area contributed by atoms with Gasteiger partial charge in [0, 0.05) is 6.04 Å². The molecule has 1 saturated carbocycles. The summed E-state index contributed by atoms with van der Waals surface area (Å²) < 4.78 is 5.45. The van der Waals surface area contributed by atoms with Gasteiger partial charge < -0.3 is 10.1 Å². The molecule has 2 rings (SSSR count). The molecular weight excluding hydrogens is 202 g/mol. The highest BCUT2D eigenvalue weighted by atomic mass is 16.5. The molecule has 4 nitrogen and oxygen atoms in total. The molecule has 1 N–H and O–H groups in total. The topological polar surface area (TPSA) is 47.0 Å². The van der Waals surface area contributed by atoms with Crippen molar-refractivity contribution in [3.63, 3.8) is 0 Å². The van der Waals surface area contributed by atoms with E-state index in [1.54, 1.807) is 6.33 Å². The van der Waals surface area contributed by atoms with E-state index >= 15 is 0 Å². The Morgan fingerprint density at radius 2 is 2.12 bits per heavy atom. The molecule has 1 aliphatic rings. The van der Waals surface area contributed by atoms with Crippen molar-refractivity contribution in [1.29, 1.82) is 0 Å². The summed E-state index contributed by atoms with van der Waals surface area (Å²) in [6, 6.07) is 0.572. The van der Waals surface area contributed by atoms with Gasteiger partial charge in [0.15, 0.2) is 0 Å². The van der Waals surface area contributed by atoms with Crippen LogP contribution < -0.4 is 10.1 Å². The number of ether oxygens (including phenoxy) is 1. The van der Waals surface area contributed by atoms with Gasteiger partial charge >= 0.3 is 0 Å². The van der Waals surface area contributed by atoms with E-state index in [1.807, 2.05) is 13.8 Å². The Labute approximate surface area is 96.4 Å². The maximum Gasteiger partial charge on any atom is 0.221 e. The van der Waals surface area contributed by atoms with E-state index < -0.39 is 0 Å². The quantitative estimate of drug-likeness (QED) is 0.848.